The van der Waals surface area contributed by atoms with E-state index >= 15 is 0 Å². The smallest absolute Gasteiger partial charge is 0.336 e. The molecule has 0 unspecified atom stereocenters. The maximum absolute atomic E-state index is 11.5. The minimum atomic E-state index is -0.979. The van der Waals surface area contributed by atoms with Crippen LogP contribution < -0.4 is 10.5 Å². The summed E-state index contributed by atoms with van der Waals surface area (Å²) >= 11 is 0. The Morgan fingerprint density at radius 3 is 2.18 bits per heavy atom. The van der Waals surface area contributed by atoms with E-state index in [1.54, 1.807) is 30.3 Å². The van der Waals surface area contributed by atoms with E-state index in [-0.39, 0.29) is 11.7 Å². The number of rotatable bonds is 5. The van der Waals surface area contributed by atoms with Crippen molar-refractivity contribution in [1.29, 1.82) is 0 Å². The average Bonchev–Trinajstić information content (AvgIpc) is 2.47. The van der Waals surface area contributed by atoms with Crippen LogP contribution in [0.3, 0.4) is 0 Å². The average molecular weight is 297 g/mol. The van der Waals surface area contributed by atoms with Gasteiger partial charge >= 0.3 is 5.97 Å². The summed E-state index contributed by atoms with van der Waals surface area (Å²) in [5.41, 5.74) is 7.86. The van der Waals surface area contributed by atoms with E-state index in [1.807, 2.05) is 38.1 Å². The van der Waals surface area contributed by atoms with Crippen LogP contribution in [0.25, 0.3) is 11.6 Å². The van der Waals surface area contributed by atoms with Crippen molar-refractivity contribution in [3.05, 3.63) is 59.7 Å². The summed E-state index contributed by atoms with van der Waals surface area (Å²) in [5.74, 6) is -0.219. The van der Waals surface area contributed by atoms with Crippen molar-refractivity contribution >= 4 is 23.3 Å². The summed E-state index contributed by atoms with van der Waals surface area (Å²) < 4.78 is 5.57. The second kappa shape index (κ2) is 6.80. The van der Waals surface area contributed by atoms with Gasteiger partial charge in [-0.3, -0.25) is 0 Å². The first kappa shape index (κ1) is 15.6. The molecule has 4 nitrogen and oxygen atoms in total. The van der Waals surface area contributed by atoms with Crippen molar-refractivity contribution in [2.75, 3.05) is 5.73 Å². The molecule has 0 bridgehead atoms. The number of carbonyl (C=O) groups is 1. The third-order valence-corrected chi connectivity index (χ3v) is 3.01. The molecule has 0 aliphatic carbocycles. The van der Waals surface area contributed by atoms with Crippen LogP contribution in [0, 0.1) is 0 Å². The van der Waals surface area contributed by atoms with Gasteiger partial charge in [-0.15, -0.1) is 0 Å². The zero-order valence-electron chi connectivity index (χ0n) is 12.6. The Labute approximate surface area is 129 Å². The number of ether oxygens (including phenoxy) is 1. The van der Waals surface area contributed by atoms with E-state index in [0.717, 1.165) is 11.3 Å². The van der Waals surface area contributed by atoms with Crippen molar-refractivity contribution in [2.24, 2.45) is 0 Å². The number of hydrogen-bond donors (Lipinski definition) is 2. The predicted octanol–water partition coefficient (Wildman–Crippen LogP) is 3.68. The number of aliphatic carboxylic acids is 1. The topological polar surface area (TPSA) is 72.5 Å². The number of hydrogen-bond acceptors (Lipinski definition) is 3. The molecule has 0 aliphatic heterocycles. The molecule has 2 aromatic rings. The maximum atomic E-state index is 11.5. The van der Waals surface area contributed by atoms with Crippen LogP contribution in [-0.2, 0) is 4.79 Å². The highest BCUT2D eigenvalue weighted by Crippen LogP contribution is 2.21. The number of nitrogen functional groups attached to an aromatic ring is 1. The minimum Gasteiger partial charge on any atom is -0.491 e. The van der Waals surface area contributed by atoms with Gasteiger partial charge < -0.3 is 15.6 Å². The molecular formula is C18H19NO3. The lowest BCUT2D eigenvalue weighted by Crippen LogP contribution is -2.05. The lowest BCUT2D eigenvalue weighted by Gasteiger charge is -2.09. The summed E-state index contributed by atoms with van der Waals surface area (Å²) in [7, 11) is 0. The molecule has 0 fully saturated rings. The predicted molar refractivity (Wildman–Crippen MR) is 88.6 cm³/mol. The van der Waals surface area contributed by atoms with E-state index < -0.39 is 5.97 Å². The molecule has 2 aromatic carbocycles. The first-order valence-corrected chi connectivity index (χ1v) is 7.03. The van der Waals surface area contributed by atoms with Crippen molar-refractivity contribution < 1.29 is 14.6 Å². The van der Waals surface area contributed by atoms with Gasteiger partial charge in [-0.25, -0.2) is 4.79 Å². The fraction of sp³-hybridized carbons (Fsp3) is 0.167. The summed E-state index contributed by atoms with van der Waals surface area (Å²) in [6, 6.07) is 14.1. The monoisotopic (exact) mass is 297 g/mol. The van der Waals surface area contributed by atoms with Gasteiger partial charge in [0.25, 0.3) is 0 Å². The number of nitrogens with two attached hydrogens (primary N) is 1. The Balaban J connectivity index is 2.30. The number of carboxylic acid groups (broad SMARTS) is 1. The van der Waals surface area contributed by atoms with Gasteiger partial charge in [-0.05, 0) is 55.3 Å². The zero-order valence-corrected chi connectivity index (χ0v) is 12.6. The minimum absolute atomic E-state index is 0.103. The van der Waals surface area contributed by atoms with E-state index in [1.165, 1.54) is 0 Å². The molecule has 3 N–H and O–H groups in total. The van der Waals surface area contributed by atoms with E-state index in [4.69, 9.17) is 10.5 Å². The first-order chi connectivity index (χ1) is 10.5. The molecule has 22 heavy (non-hydrogen) atoms. The second-order valence-corrected chi connectivity index (χ2v) is 5.22. The van der Waals surface area contributed by atoms with Gasteiger partial charge in [0, 0.05) is 5.69 Å². The summed E-state index contributed by atoms with van der Waals surface area (Å²) in [4.78, 5) is 11.5. The molecule has 0 aromatic heterocycles. The Morgan fingerprint density at radius 1 is 1.09 bits per heavy atom. The summed E-state index contributed by atoms with van der Waals surface area (Å²) in [6.07, 6.45) is 1.73. The fourth-order valence-corrected chi connectivity index (χ4v) is 2.01. The van der Waals surface area contributed by atoms with Crippen LogP contribution in [0.1, 0.15) is 25.0 Å². The third-order valence-electron chi connectivity index (χ3n) is 3.01. The van der Waals surface area contributed by atoms with Crippen molar-refractivity contribution in [1.82, 2.24) is 0 Å². The van der Waals surface area contributed by atoms with Gasteiger partial charge in [-0.2, -0.15) is 0 Å². The van der Waals surface area contributed by atoms with Crippen LogP contribution in [0.15, 0.2) is 48.5 Å². The molecule has 0 amide bonds. The molecule has 0 aliphatic rings. The van der Waals surface area contributed by atoms with Crippen LogP contribution in [0.2, 0.25) is 0 Å². The van der Waals surface area contributed by atoms with Crippen LogP contribution >= 0.6 is 0 Å². The van der Waals surface area contributed by atoms with E-state index in [2.05, 4.69) is 0 Å². The molecule has 4 heteroatoms. The zero-order chi connectivity index (χ0) is 16.1. The standard InChI is InChI=1S/C18H19NO3/c1-12(2)22-16-9-3-13(4-10-16)11-17(18(20)21)14-5-7-15(19)8-6-14/h3-12H,19H2,1-2H3,(H,20,21)/b17-11-. The van der Waals surface area contributed by atoms with Crippen LogP contribution in [-0.4, -0.2) is 17.2 Å². The Bertz CT molecular complexity index is 670. The number of anilines is 1. The molecule has 0 saturated carbocycles. The van der Waals surface area contributed by atoms with Gasteiger partial charge in [0.1, 0.15) is 5.75 Å². The SMILES string of the molecule is CC(C)Oc1ccc(/C=C(\C(=O)O)c2ccc(N)cc2)cc1. The lowest BCUT2D eigenvalue weighted by atomic mass is 10.0. The van der Waals surface area contributed by atoms with Crippen LogP contribution in [0.4, 0.5) is 5.69 Å². The van der Waals surface area contributed by atoms with Gasteiger partial charge in [0.2, 0.25) is 0 Å². The number of carboxylic acids is 1. The largest absolute Gasteiger partial charge is 0.491 e. The van der Waals surface area contributed by atoms with Crippen molar-refractivity contribution in [2.45, 2.75) is 20.0 Å². The Morgan fingerprint density at radius 2 is 1.68 bits per heavy atom. The molecule has 0 saturated heterocycles. The van der Waals surface area contributed by atoms with Crippen molar-refractivity contribution in [3.8, 4) is 5.75 Å². The maximum Gasteiger partial charge on any atom is 0.336 e. The highest BCUT2D eigenvalue weighted by molar-refractivity contribution is 6.20. The normalized spacial score (nSPS) is 11.5. The lowest BCUT2D eigenvalue weighted by molar-refractivity contribution is -0.130. The summed E-state index contributed by atoms with van der Waals surface area (Å²) in [5, 5.41) is 9.41. The van der Waals surface area contributed by atoms with E-state index in [0.29, 0.717) is 11.3 Å². The van der Waals surface area contributed by atoms with Gasteiger partial charge in [0.15, 0.2) is 0 Å². The molecule has 0 spiro atoms. The van der Waals surface area contributed by atoms with Gasteiger partial charge in [-0.1, -0.05) is 24.3 Å². The van der Waals surface area contributed by atoms with Crippen LogP contribution in [0.5, 0.6) is 5.75 Å². The highest BCUT2D eigenvalue weighted by Gasteiger charge is 2.10. The molecule has 2 rings (SSSR count). The molecule has 114 valence electrons. The van der Waals surface area contributed by atoms with Gasteiger partial charge in [0.05, 0.1) is 11.7 Å². The fourth-order valence-electron chi connectivity index (χ4n) is 2.01. The molecular weight excluding hydrogens is 278 g/mol. The molecule has 0 radical (unpaired) electrons. The molecule has 0 atom stereocenters. The third kappa shape index (κ3) is 4.12. The van der Waals surface area contributed by atoms with Crippen molar-refractivity contribution in [3.63, 3.8) is 0 Å². The Kier molecular flexibility index (Phi) is 4.84. The first-order valence-electron chi connectivity index (χ1n) is 7.03. The number of benzene rings is 2. The summed E-state index contributed by atoms with van der Waals surface area (Å²) in [6.45, 7) is 3.91. The second-order valence-electron chi connectivity index (χ2n) is 5.22. The van der Waals surface area contributed by atoms with E-state index in [9.17, 15) is 9.90 Å². The highest BCUT2D eigenvalue weighted by atomic mass is 16.5. The Hall–Kier alpha value is -2.75. The quantitative estimate of drug-likeness (QED) is 0.501. The molecule has 0 heterocycles.